The molecule has 18 heavy (non-hydrogen) atoms. The first-order valence-electron chi connectivity index (χ1n) is 5.67. The van der Waals surface area contributed by atoms with Crippen molar-refractivity contribution in [1.82, 2.24) is 9.78 Å². The summed E-state index contributed by atoms with van der Waals surface area (Å²) in [4.78, 5) is 23.1. The van der Waals surface area contributed by atoms with Gasteiger partial charge in [0.1, 0.15) is 5.56 Å². The predicted molar refractivity (Wildman–Crippen MR) is 67.1 cm³/mol. The Labute approximate surface area is 104 Å². The molecule has 2 aromatic rings. The third kappa shape index (κ3) is 2.34. The van der Waals surface area contributed by atoms with E-state index in [0.717, 1.165) is 11.3 Å². The number of nitrogens with one attached hydrogen (secondary N) is 1. The minimum atomic E-state index is -0.607. The number of aromatic amines is 1. The van der Waals surface area contributed by atoms with Gasteiger partial charge in [0.2, 0.25) is 0 Å². The smallest absolute Gasteiger partial charge is 0.345 e. The van der Waals surface area contributed by atoms with E-state index >= 15 is 0 Å². The summed E-state index contributed by atoms with van der Waals surface area (Å²) >= 11 is 0. The summed E-state index contributed by atoms with van der Waals surface area (Å²) in [6, 6.07) is 7.58. The van der Waals surface area contributed by atoms with Crippen LogP contribution in [0, 0.1) is 6.92 Å². The van der Waals surface area contributed by atoms with Gasteiger partial charge in [-0.3, -0.25) is 14.6 Å². The fraction of sp³-hybridized carbons (Fsp3) is 0.231. The fourth-order valence-electron chi connectivity index (χ4n) is 1.59. The largest absolute Gasteiger partial charge is 0.462 e. The summed E-state index contributed by atoms with van der Waals surface area (Å²) < 4.78 is 6.31. The second kappa shape index (κ2) is 4.91. The van der Waals surface area contributed by atoms with Crippen molar-refractivity contribution in [3.8, 4) is 5.69 Å². The zero-order chi connectivity index (χ0) is 13.1. The SMILES string of the molecule is CCOC(=O)c1cn(-c2ccc(C)cc2)[nH]c1=O. The Bertz CT molecular complexity index is 608. The van der Waals surface area contributed by atoms with Crippen LogP contribution in [0.1, 0.15) is 22.8 Å². The molecule has 0 fully saturated rings. The van der Waals surface area contributed by atoms with Crippen molar-refractivity contribution in [3.05, 3.63) is 51.9 Å². The van der Waals surface area contributed by atoms with Crippen LogP contribution in [0.5, 0.6) is 0 Å². The van der Waals surface area contributed by atoms with Crippen LogP contribution in [-0.2, 0) is 4.74 Å². The number of aromatic nitrogens is 2. The summed E-state index contributed by atoms with van der Waals surface area (Å²) in [6.07, 6.45) is 1.45. The van der Waals surface area contributed by atoms with Crippen LogP contribution in [0.3, 0.4) is 0 Å². The third-order valence-electron chi connectivity index (χ3n) is 2.53. The molecule has 5 heteroatoms. The number of carbonyl (C=O) groups excluding carboxylic acids is 1. The maximum absolute atomic E-state index is 11.6. The van der Waals surface area contributed by atoms with Gasteiger partial charge in [-0.15, -0.1) is 0 Å². The van der Waals surface area contributed by atoms with E-state index < -0.39 is 11.5 Å². The predicted octanol–water partition coefficient (Wildman–Crippen LogP) is 1.65. The molecule has 2 rings (SSSR count). The number of esters is 1. The first kappa shape index (κ1) is 12.2. The quantitative estimate of drug-likeness (QED) is 0.837. The zero-order valence-corrected chi connectivity index (χ0v) is 10.3. The number of rotatable bonds is 3. The molecule has 0 radical (unpaired) electrons. The lowest BCUT2D eigenvalue weighted by atomic mass is 10.2. The van der Waals surface area contributed by atoms with Crippen molar-refractivity contribution >= 4 is 5.97 Å². The van der Waals surface area contributed by atoms with Gasteiger partial charge >= 0.3 is 5.97 Å². The van der Waals surface area contributed by atoms with Crippen molar-refractivity contribution in [3.63, 3.8) is 0 Å². The normalized spacial score (nSPS) is 10.3. The van der Waals surface area contributed by atoms with Crippen LogP contribution >= 0.6 is 0 Å². The van der Waals surface area contributed by atoms with Crippen molar-refractivity contribution in [2.24, 2.45) is 0 Å². The molecule has 0 aliphatic rings. The number of ether oxygens (including phenoxy) is 1. The average Bonchev–Trinajstić information content (AvgIpc) is 2.72. The summed E-state index contributed by atoms with van der Waals surface area (Å²) in [5.41, 5.74) is 1.47. The summed E-state index contributed by atoms with van der Waals surface area (Å²) in [5, 5.41) is 2.58. The highest BCUT2D eigenvalue weighted by Gasteiger charge is 2.14. The minimum absolute atomic E-state index is 0.0115. The highest BCUT2D eigenvalue weighted by molar-refractivity contribution is 5.88. The number of H-pyrrole nitrogens is 1. The average molecular weight is 246 g/mol. The maximum Gasteiger partial charge on any atom is 0.345 e. The number of aryl methyl sites for hydroxylation is 1. The lowest BCUT2D eigenvalue weighted by Gasteiger charge is -2.01. The molecule has 0 bridgehead atoms. The first-order chi connectivity index (χ1) is 8.61. The lowest BCUT2D eigenvalue weighted by molar-refractivity contribution is 0.0525. The molecule has 0 spiro atoms. The van der Waals surface area contributed by atoms with E-state index in [1.165, 1.54) is 10.9 Å². The Morgan fingerprint density at radius 1 is 1.33 bits per heavy atom. The third-order valence-corrected chi connectivity index (χ3v) is 2.53. The van der Waals surface area contributed by atoms with Crippen LogP contribution < -0.4 is 5.56 Å². The molecule has 0 amide bonds. The van der Waals surface area contributed by atoms with Gasteiger partial charge in [0.05, 0.1) is 12.3 Å². The van der Waals surface area contributed by atoms with Gasteiger partial charge in [0.15, 0.2) is 0 Å². The molecule has 1 heterocycles. The molecule has 1 aromatic heterocycles. The van der Waals surface area contributed by atoms with E-state index in [9.17, 15) is 9.59 Å². The Balaban J connectivity index is 2.37. The second-order valence-corrected chi connectivity index (χ2v) is 3.91. The number of hydrogen-bond donors (Lipinski definition) is 1. The Morgan fingerprint density at radius 3 is 2.61 bits per heavy atom. The van der Waals surface area contributed by atoms with Gasteiger partial charge in [0, 0.05) is 6.20 Å². The van der Waals surface area contributed by atoms with Crippen molar-refractivity contribution in [2.75, 3.05) is 6.61 Å². The van der Waals surface area contributed by atoms with Crippen LogP contribution in [0.4, 0.5) is 0 Å². The molecule has 1 aromatic carbocycles. The second-order valence-electron chi connectivity index (χ2n) is 3.91. The zero-order valence-electron chi connectivity index (χ0n) is 10.3. The molecule has 0 saturated heterocycles. The van der Waals surface area contributed by atoms with E-state index in [1.54, 1.807) is 6.92 Å². The molecular weight excluding hydrogens is 232 g/mol. The summed E-state index contributed by atoms with van der Waals surface area (Å²) in [6.45, 7) is 3.92. The van der Waals surface area contributed by atoms with Crippen LogP contribution in [-0.4, -0.2) is 22.4 Å². The Hall–Kier alpha value is -2.30. The highest BCUT2D eigenvalue weighted by Crippen LogP contribution is 2.08. The Morgan fingerprint density at radius 2 is 2.00 bits per heavy atom. The molecule has 0 unspecified atom stereocenters. The maximum atomic E-state index is 11.6. The standard InChI is InChI=1S/C13H14N2O3/c1-3-18-13(17)11-8-15(14-12(11)16)10-6-4-9(2)5-7-10/h4-8H,3H2,1-2H3,(H,14,16). The van der Waals surface area contributed by atoms with Gasteiger partial charge < -0.3 is 4.74 Å². The molecule has 0 aliphatic carbocycles. The number of hydrogen-bond acceptors (Lipinski definition) is 3. The monoisotopic (exact) mass is 246 g/mol. The number of nitrogens with zero attached hydrogens (tertiary/aromatic N) is 1. The van der Waals surface area contributed by atoms with E-state index in [0.29, 0.717) is 0 Å². The first-order valence-corrected chi connectivity index (χ1v) is 5.67. The lowest BCUT2D eigenvalue weighted by Crippen LogP contribution is -2.14. The number of carbonyl (C=O) groups is 1. The van der Waals surface area contributed by atoms with E-state index in [4.69, 9.17) is 4.74 Å². The molecular formula is C13H14N2O3. The van der Waals surface area contributed by atoms with Gasteiger partial charge in [-0.25, -0.2) is 4.79 Å². The molecule has 0 saturated carbocycles. The summed E-state index contributed by atoms with van der Waals surface area (Å²) in [7, 11) is 0. The molecule has 94 valence electrons. The Kier molecular flexibility index (Phi) is 3.32. The number of benzene rings is 1. The highest BCUT2D eigenvalue weighted by atomic mass is 16.5. The van der Waals surface area contributed by atoms with Crippen molar-refractivity contribution in [2.45, 2.75) is 13.8 Å². The molecule has 0 aliphatic heterocycles. The van der Waals surface area contributed by atoms with Crippen LogP contribution in [0.25, 0.3) is 5.69 Å². The minimum Gasteiger partial charge on any atom is -0.462 e. The fourth-order valence-corrected chi connectivity index (χ4v) is 1.59. The van der Waals surface area contributed by atoms with Gasteiger partial charge in [-0.1, -0.05) is 17.7 Å². The van der Waals surface area contributed by atoms with Crippen LogP contribution in [0.15, 0.2) is 35.3 Å². The van der Waals surface area contributed by atoms with Crippen molar-refractivity contribution < 1.29 is 9.53 Å². The van der Waals surface area contributed by atoms with Gasteiger partial charge in [-0.2, -0.15) is 0 Å². The van der Waals surface area contributed by atoms with Crippen molar-refractivity contribution in [1.29, 1.82) is 0 Å². The van der Waals surface area contributed by atoms with E-state index in [-0.39, 0.29) is 12.2 Å². The van der Waals surface area contributed by atoms with Crippen LogP contribution in [0.2, 0.25) is 0 Å². The van der Waals surface area contributed by atoms with Gasteiger partial charge in [0.25, 0.3) is 5.56 Å². The van der Waals surface area contributed by atoms with E-state index in [1.807, 2.05) is 31.2 Å². The molecule has 1 N–H and O–H groups in total. The molecule has 0 atom stereocenters. The van der Waals surface area contributed by atoms with E-state index in [2.05, 4.69) is 5.10 Å². The molecule has 5 nitrogen and oxygen atoms in total. The summed E-state index contributed by atoms with van der Waals surface area (Å²) in [5.74, 6) is -0.607. The van der Waals surface area contributed by atoms with Gasteiger partial charge in [-0.05, 0) is 26.0 Å². The topological polar surface area (TPSA) is 64.1 Å².